The van der Waals surface area contributed by atoms with E-state index in [0.29, 0.717) is 0 Å². The van der Waals surface area contributed by atoms with E-state index in [1.54, 1.807) is 7.11 Å². The molecule has 21 heavy (non-hydrogen) atoms. The zero-order valence-corrected chi connectivity index (χ0v) is 14.1. The third-order valence-corrected chi connectivity index (χ3v) is 3.78. The van der Waals surface area contributed by atoms with Crippen LogP contribution in [0.3, 0.4) is 0 Å². The second-order valence-corrected chi connectivity index (χ2v) is 6.10. The normalized spacial score (nSPS) is 12.0. The van der Waals surface area contributed by atoms with E-state index in [4.69, 9.17) is 4.74 Å². The fraction of sp³-hybridized carbons (Fsp3) is 0.579. The molecule has 0 aliphatic heterocycles. The average molecular weight is 289 g/mol. The lowest BCUT2D eigenvalue weighted by Gasteiger charge is -2.11. The largest absolute Gasteiger partial charge is 0.497 e. The summed E-state index contributed by atoms with van der Waals surface area (Å²) in [5.41, 5.74) is 2.79. The lowest BCUT2D eigenvalue weighted by molar-refractivity contribution is 0.414. The van der Waals surface area contributed by atoms with Crippen LogP contribution in [0.2, 0.25) is 0 Å². The van der Waals surface area contributed by atoms with Gasteiger partial charge in [-0.2, -0.15) is 0 Å². The van der Waals surface area contributed by atoms with Gasteiger partial charge in [-0.3, -0.25) is 0 Å². The summed E-state index contributed by atoms with van der Waals surface area (Å²) in [6.07, 6.45) is 7.20. The molecule has 0 fully saturated rings. The summed E-state index contributed by atoms with van der Waals surface area (Å²) < 4.78 is 5.17. The average Bonchev–Trinajstić information content (AvgIpc) is 2.47. The standard InChI is InChI=1S/C19H31NO/c1-16(2)6-5-7-17(3)12-14-20-15-13-18-8-10-19(21-4)11-9-18/h6,8-11,17,20H,5,7,12-15H2,1-4H3/t17-/m1/s1. The van der Waals surface area contributed by atoms with Gasteiger partial charge in [-0.25, -0.2) is 0 Å². The highest BCUT2D eigenvalue weighted by molar-refractivity contribution is 5.27. The Kier molecular flexibility index (Phi) is 8.84. The van der Waals surface area contributed by atoms with Gasteiger partial charge in [0.1, 0.15) is 5.75 Å². The Morgan fingerprint density at radius 2 is 1.86 bits per heavy atom. The fourth-order valence-corrected chi connectivity index (χ4v) is 2.30. The molecule has 0 amide bonds. The van der Waals surface area contributed by atoms with Crippen molar-refractivity contribution >= 4 is 0 Å². The molecule has 2 heteroatoms. The van der Waals surface area contributed by atoms with Crippen LogP contribution in [-0.2, 0) is 6.42 Å². The summed E-state index contributed by atoms with van der Waals surface area (Å²) in [5, 5.41) is 3.55. The van der Waals surface area contributed by atoms with Crippen LogP contribution in [0.5, 0.6) is 5.75 Å². The van der Waals surface area contributed by atoms with Crippen LogP contribution >= 0.6 is 0 Å². The van der Waals surface area contributed by atoms with Gasteiger partial charge in [0.05, 0.1) is 7.11 Å². The molecular formula is C19H31NO. The molecule has 1 rings (SSSR count). The lowest BCUT2D eigenvalue weighted by atomic mass is 10.0. The number of nitrogens with one attached hydrogen (secondary N) is 1. The molecule has 1 atom stereocenters. The molecule has 2 nitrogen and oxygen atoms in total. The Bertz CT molecular complexity index is 404. The highest BCUT2D eigenvalue weighted by Crippen LogP contribution is 2.12. The second-order valence-electron chi connectivity index (χ2n) is 6.10. The number of allylic oxidation sites excluding steroid dienone is 2. The highest BCUT2D eigenvalue weighted by Gasteiger charge is 2.01. The molecule has 1 N–H and O–H groups in total. The van der Waals surface area contributed by atoms with Crippen LogP contribution in [0, 0.1) is 5.92 Å². The summed E-state index contributed by atoms with van der Waals surface area (Å²) in [6, 6.07) is 8.34. The monoisotopic (exact) mass is 289 g/mol. The molecule has 0 unspecified atom stereocenters. The minimum atomic E-state index is 0.800. The third kappa shape index (κ3) is 8.56. The Labute approximate surface area is 130 Å². The molecule has 0 heterocycles. The van der Waals surface area contributed by atoms with Crippen molar-refractivity contribution in [2.75, 3.05) is 20.2 Å². The quantitative estimate of drug-likeness (QED) is 0.502. The van der Waals surface area contributed by atoms with E-state index in [2.05, 4.69) is 44.3 Å². The van der Waals surface area contributed by atoms with Gasteiger partial charge in [-0.1, -0.05) is 30.7 Å². The molecule has 0 spiro atoms. The Morgan fingerprint density at radius 3 is 2.48 bits per heavy atom. The summed E-state index contributed by atoms with van der Waals surface area (Å²) in [4.78, 5) is 0. The van der Waals surface area contributed by atoms with Crippen LogP contribution in [0.4, 0.5) is 0 Å². The van der Waals surface area contributed by atoms with Gasteiger partial charge in [-0.15, -0.1) is 0 Å². The van der Waals surface area contributed by atoms with E-state index in [-0.39, 0.29) is 0 Å². The molecule has 0 saturated heterocycles. The smallest absolute Gasteiger partial charge is 0.118 e. The molecule has 1 aromatic rings. The number of rotatable bonds is 10. The molecule has 0 aliphatic carbocycles. The van der Waals surface area contributed by atoms with E-state index in [1.165, 1.54) is 30.4 Å². The fourth-order valence-electron chi connectivity index (χ4n) is 2.30. The highest BCUT2D eigenvalue weighted by atomic mass is 16.5. The minimum Gasteiger partial charge on any atom is -0.497 e. The molecule has 0 bridgehead atoms. The Hall–Kier alpha value is -1.28. The van der Waals surface area contributed by atoms with Crippen molar-refractivity contribution in [3.63, 3.8) is 0 Å². The Balaban J connectivity index is 2.06. The van der Waals surface area contributed by atoms with E-state index < -0.39 is 0 Å². The number of methoxy groups -OCH3 is 1. The first-order chi connectivity index (χ1) is 10.1. The van der Waals surface area contributed by atoms with Crippen molar-refractivity contribution in [2.45, 2.75) is 46.5 Å². The maximum atomic E-state index is 5.17. The first kappa shape index (κ1) is 17.8. The first-order valence-corrected chi connectivity index (χ1v) is 8.09. The number of benzene rings is 1. The SMILES string of the molecule is COc1ccc(CCNCC[C@H](C)CCC=C(C)C)cc1. The summed E-state index contributed by atoms with van der Waals surface area (Å²) >= 11 is 0. The van der Waals surface area contributed by atoms with E-state index in [1.807, 2.05) is 12.1 Å². The number of ether oxygens (including phenoxy) is 1. The van der Waals surface area contributed by atoms with Gasteiger partial charge in [0.25, 0.3) is 0 Å². The second kappa shape index (κ2) is 10.4. The first-order valence-electron chi connectivity index (χ1n) is 8.09. The van der Waals surface area contributed by atoms with Crippen LogP contribution in [-0.4, -0.2) is 20.2 Å². The molecule has 0 saturated carbocycles. The third-order valence-electron chi connectivity index (χ3n) is 3.78. The van der Waals surface area contributed by atoms with Gasteiger partial charge in [0, 0.05) is 0 Å². The van der Waals surface area contributed by atoms with Gasteiger partial charge >= 0.3 is 0 Å². The van der Waals surface area contributed by atoms with Crippen LogP contribution < -0.4 is 10.1 Å². The Morgan fingerprint density at radius 1 is 1.14 bits per heavy atom. The summed E-state index contributed by atoms with van der Waals surface area (Å²) in [6.45, 7) is 8.86. The van der Waals surface area contributed by atoms with Crippen molar-refractivity contribution < 1.29 is 4.74 Å². The predicted octanol–water partition coefficient (Wildman–Crippen LogP) is 4.60. The van der Waals surface area contributed by atoms with Gasteiger partial charge in [0.15, 0.2) is 0 Å². The number of hydrogen-bond donors (Lipinski definition) is 1. The van der Waals surface area contributed by atoms with Crippen molar-refractivity contribution in [3.05, 3.63) is 41.5 Å². The zero-order valence-electron chi connectivity index (χ0n) is 14.1. The maximum absolute atomic E-state index is 5.17. The summed E-state index contributed by atoms with van der Waals surface area (Å²) in [7, 11) is 1.70. The summed E-state index contributed by atoms with van der Waals surface area (Å²) in [5.74, 6) is 1.73. The molecule has 0 radical (unpaired) electrons. The van der Waals surface area contributed by atoms with Gasteiger partial charge in [-0.05, 0) is 76.2 Å². The van der Waals surface area contributed by atoms with Crippen LogP contribution in [0.15, 0.2) is 35.9 Å². The zero-order chi connectivity index (χ0) is 15.5. The van der Waals surface area contributed by atoms with Crippen LogP contribution in [0.1, 0.15) is 45.6 Å². The minimum absolute atomic E-state index is 0.800. The van der Waals surface area contributed by atoms with Crippen molar-refractivity contribution in [1.29, 1.82) is 0 Å². The topological polar surface area (TPSA) is 21.3 Å². The number of hydrogen-bond acceptors (Lipinski definition) is 2. The van der Waals surface area contributed by atoms with E-state index >= 15 is 0 Å². The molecule has 1 aromatic carbocycles. The van der Waals surface area contributed by atoms with Gasteiger partial charge < -0.3 is 10.1 Å². The van der Waals surface area contributed by atoms with E-state index in [0.717, 1.165) is 31.2 Å². The van der Waals surface area contributed by atoms with Crippen molar-refractivity contribution in [2.24, 2.45) is 5.92 Å². The molecule has 0 aliphatic rings. The van der Waals surface area contributed by atoms with Crippen molar-refractivity contribution in [3.8, 4) is 5.75 Å². The molecular weight excluding hydrogens is 258 g/mol. The van der Waals surface area contributed by atoms with Crippen LogP contribution in [0.25, 0.3) is 0 Å². The van der Waals surface area contributed by atoms with E-state index in [9.17, 15) is 0 Å². The maximum Gasteiger partial charge on any atom is 0.118 e. The molecule has 0 aromatic heterocycles. The lowest BCUT2D eigenvalue weighted by Crippen LogP contribution is -2.20. The van der Waals surface area contributed by atoms with Crippen molar-refractivity contribution in [1.82, 2.24) is 5.32 Å². The predicted molar refractivity (Wildman–Crippen MR) is 92.0 cm³/mol. The molecule has 118 valence electrons. The van der Waals surface area contributed by atoms with Gasteiger partial charge in [0.2, 0.25) is 0 Å².